The molecule has 122 valence electrons. The van der Waals surface area contributed by atoms with Gasteiger partial charge in [-0.3, -0.25) is 9.78 Å². The number of pyridine rings is 1. The number of allylic oxidation sites excluding steroid dienone is 1. The summed E-state index contributed by atoms with van der Waals surface area (Å²) in [4.78, 5) is 16.1. The number of aliphatic hydroxyl groups excluding tert-OH is 1. The van der Waals surface area contributed by atoms with Gasteiger partial charge in [0.05, 0.1) is 6.61 Å². The SMILES string of the molecule is N=C/C(=C\N)c1ccncc1/C=C/C(=O)Nc1cccc(CO)c1. The number of hydrogen-bond acceptors (Lipinski definition) is 5. The molecule has 0 fully saturated rings. The molecule has 0 unspecified atom stereocenters. The van der Waals surface area contributed by atoms with Gasteiger partial charge in [-0.15, -0.1) is 0 Å². The lowest BCUT2D eigenvalue weighted by molar-refractivity contribution is -0.111. The third-order valence-corrected chi connectivity index (χ3v) is 3.29. The summed E-state index contributed by atoms with van der Waals surface area (Å²) in [5.41, 5.74) is 8.76. The van der Waals surface area contributed by atoms with Crippen LogP contribution in [0.3, 0.4) is 0 Å². The number of aromatic nitrogens is 1. The molecule has 1 amide bonds. The zero-order valence-electron chi connectivity index (χ0n) is 12.9. The smallest absolute Gasteiger partial charge is 0.248 e. The Labute approximate surface area is 139 Å². The van der Waals surface area contributed by atoms with E-state index in [0.29, 0.717) is 22.4 Å². The number of aliphatic hydroxyl groups is 1. The lowest BCUT2D eigenvalue weighted by atomic mass is 10.0. The largest absolute Gasteiger partial charge is 0.404 e. The number of anilines is 1. The van der Waals surface area contributed by atoms with Crippen molar-refractivity contribution in [3.8, 4) is 0 Å². The van der Waals surface area contributed by atoms with Crippen LogP contribution in [-0.2, 0) is 11.4 Å². The van der Waals surface area contributed by atoms with Crippen LogP contribution in [0, 0.1) is 5.41 Å². The Morgan fingerprint density at radius 2 is 2.21 bits per heavy atom. The molecule has 2 aromatic rings. The average Bonchev–Trinajstić information content (AvgIpc) is 2.62. The van der Waals surface area contributed by atoms with Crippen molar-refractivity contribution in [1.82, 2.24) is 4.98 Å². The van der Waals surface area contributed by atoms with Gasteiger partial charge >= 0.3 is 0 Å². The van der Waals surface area contributed by atoms with Gasteiger partial charge in [0.25, 0.3) is 0 Å². The summed E-state index contributed by atoms with van der Waals surface area (Å²) in [6, 6.07) is 8.69. The highest BCUT2D eigenvalue weighted by Gasteiger charge is 2.04. The van der Waals surface area contributed by atoms with E-state index in [1.54, 1.807) is 48.8 Å². The lowest BCUT2D eigenvalue weighted by Crippen LogP contribution is -2.08. The molecule has 0 bridgehead atoms. The van der Waals surface area contributed by atoms with Gasteiger partial charge in [0.2, 0.25) is 5.91 Å². The van der Waals surface area contributed by atoms with E-state index in [9.17, 15) is 4.79 Å². The fraction of sp³-hybridized carbons (Fsp3) is 0.0556. The van der Waals surface area contributed by atoms with Gasteiger partial charge in [0, 0.05) is 47.7 Å². The van der Waals surface area contributed by atoms with Crippen molar-refractivity contribution in [3.63, 3.8) is 0 Å². The number of benzene rings is 1. The fourth-order valence-electron chi connectivity index (χ4n) is 2.11. The second-order valence-electron chi connectivity index (χ2n) is 4.91. The number of nitrogens with zero attached hydrogens (tertiary/aromatic N) is 1. The summed E-state index contributed by atoms with van der Waals surface area (Å²) in [7, 11) is 0. The van der Waals surface area contributed by atoms with Crippen molar-refractivity contribution < 1.29 is 9.90 Å². The number of carbonyl (C=O) groups excluding carboxylic acids is 1. The monoisotopic (exact) mass is 322 g/mol. The molecular formula is C18H18N4O2. The molecule has 0 radical (unpaired) electrons. The number of hydrogen-bond donors (Lipinski definition) is 4. The van der Waals surface area contributed by atoms with E-state index in [-0.39, 0.29) is 12.5 Å². The second-order valence-corrected chi connectivity index (χ2v) is 4.91. The van der Waals surface area contributed by atoms with Gasteiger partial charge in [0.15, 0.2) is 0 Å². The summed E-state index contributed by atoms with van der Waals surface area (Å²) in [6.07, 6.45) is 8.66. The van der Waals surface area contributed by atoms with Gasteiger partial charge in [-0.25, -0.2) is 0 Å². The predicted octanol–water partition coefficient (Wildman–Crippen LogP) is 2.17. The molecule has 2 rings (SSSR count). The Kier molecular flexibility index (Phi) is 5.99. The molecule has 5 N–H and O–H groups in total. The number of rotatable bonds is 6. The molecule has 1 aromatic carbocycles. The maximum absolute atomic E-state index is 12.0. The fourth-order valence-corrected chi connectivity index (χ4v) is 2.11. The highest BCUT2D eigenvalue weighted by Crippen LogP contribution is 2.17. The molecule has 0 saturated carbocycles. The first kappa shape index (κ1) is 17.1. The number of carbonyl (C=O) groups is 1. The number of nitrogens with one attached hydrogen (secondary N) is 2. The highest BCUT2D eigenvalue weighted by molar-refractivity contribution is 6.10. The molecule has 0 aliphatic carbocycles. The Bertz CT molecular complexity index is 797. The van der Waals surface area contributed by atoms with E-state index in [4.69, 9.17) is 16.2 Å². The van der Waals surface area contributed by atoms with Crippen LogP contribution in [0.15, 0.2) is 55.0 Å². The zero-order chi connectivity index (χ0) is 17.4. The van der Waals surface area contributed by atoms with E-state index in [1.165, 1.54) is 12.3 Å². The van der Waals surface area contributed by atoms with Gasteiger partial charge in [-0.1, -0.05) is 12.1 Å². The van der Waals surface area contributed by atoms with E-state index >= 15 is 0 Å². The van der Waals surface area contributed by atoms with Crippen LogP contribution in [0.2, 0.25) is 0 Å². The quantitative estimate of drug-likeness (QED) is 0.482. The molecule has 0 aliphatic rings. The van der Waals surface area contributed by atoms with Crippen LogP contribution < -0.4 is 11.1 Å². The number of amides is 1. The van der Waals surface area contributed by atoms with E-state index < -0.39 is 0 Å². The van der Waals surface area contributed by atoms with Crippen molar-refractivity contribution in [1.29, 1.82) is 5.41 Å². The summed E-state index contributed by atoms with van der Waals surface area (Å²) in [5, 5.41) is 19.2. The van der Waals surface area contributed by atoms with E-state index in [0.717, 1.165) is 11.8 Å². The van der Waals surface area contributed by atoms with Crippen LogP contribution in [0.4, 0.5) is 5.69 Å². The lowest BCUT2D eigenvalue weighted by Gasteiger charge is -2.06. The first-order valence-corrected chi connectivity index (χ1v) is 7.23. The standard InChI is InChI=1S/C18H18N4O2/c19-9-15(10-20)17-6-7-21-11-14(17)4-5-18(24)22-16-3-1-2-13(8-16)12-23/h1-11,19,23H,12,20H2,(H,22,24)/b5-4+,15-10+,19-9?. The Morgan fingerprint density at radius 3 is 2.92 bits per heavy atom. The van der Waals surface area contributed by atoms with E-state index in [2.05, 4.69) is 10.3 Å². The minimum Gasteiger partial charge on any atom is -0.404 e. The summed E-state index contributed by atoms with van der Waals surface area (Å²) in [6.45, 7) is -0.0869. The summed E-state index contributed by atoms with van der Waals surface area (Å²) < 4.78 is 0. The van der Waals surface area contributed by atoms with E-state index in [1.807, 2.05) is 0 Å². The molecule has 0 aliphatic heterocycles. The predicted molar refractivity (Wildman–Crippen MR) is 95.2 cm³/mol. The first-order chi connectivity index (χ1) is 11.7. The Morgan fingerprint density at radius 1 is 1.38 bits per heavy atom. The third kappa shape index (κ3) is 4.37. The molecule has 1 aromatic heterocycles. The Hall–Kier alpha value is -3.25. The average molecular weight is 322 g/mol. The van der Waals surface area contributed by atoms with Gasteiger partial charge in [-0.2, -0.15) is 0 Å². The van der Waals surface area contributed by atoms with Crippen LogP contribution in [0.25, 0.3) is 11.6 Å². The summed E-state index contributed by atoms with van der Waals surface area (Å²) in [5.74, 6) is -0.312. The molecule has 24 heavy (non-hydrogen) atoms. The topological polar surface area (TPSA) is 112 Å². The zero-order valence-corrected chi connectivity index (χ0v) is 12.9. The van der Waals surface area contributed by atoms with Crippen LogP contribution in [0.5, 0.6) is 0 Å². The minimum atomic E-state index is -0.312. The number of nitrogens with two attached hydrogens (primary N) is 1. The summed E-state index contributed by atoms with van der Waals surface area (Å²) >= 11 is 0. The second kappa shape index (κ2) is 8.40. The van der Waals surface area contributed by atoms with Crippen LogP contribution in [-0.4, -0.2) is 22.2 Å². The van der Waals surface area contributed by atoms with Crippen molar-refractivity contribution in [3.05, 3.63) is 71.7 Å². The maximum Gasteiger partial charge on any atom is 0.248 e. The molecule has 0 spiro atoms. The van der Waals surface area contributed by atoms with Crippen molar-refractivity contribution in [2.24, 2.45) is 5.73 Å². The normalized spacial score (nSPS) is 11.5. The van der Waals surface area contributed by atoms with Crippen molar-refractivity contribution in [2.45, 2.75) is 6.61 Å². The third-order valence-electron chi connectivity index (χ3n) is 3.29. The Balaban J connectivity index is 2.16. The molecule has 1 heterocycles. The molecular weight excluding hydrogens is 304 g/mol. The van der Waals surface area contributed by atoms with Gasteiger partial charge in [0.1, 0.15) is 0 Å². The minimum absolute atomic E-state index is 0.0869. The van der Waals surface area contributed by atoms with Crippen molar-refractivity contribution in [2.75, 3.05) is 5.32 Å². The van der Waals surface area contributed by atoms with Gasteiger partial charge in [-0.05, 0) is 35.4 Å². The first-order valence-electron chi connectivity index (χ1n) is 7.23. The maximum atomic E-state index is 12.0. The molecule has 6 heteroatoms. The highest BCUT2D eigenvalue weighted by atomic mass is 16.3. The van der Waals surface area contributed by atoms with Gasteiger partial charge < -0.3 is 21.6 Å². The molecule has 0 atom stereocenters. The van der Waals surface area contributed by atoms with Crippen LogP contribution >= 0.6 is 0 Å². The molecule has 0 saturated heterocycles. The molecule has 6 nitrogen and oxygen atoms in total. The van der Waals surface area contributed by atoms with Crippen LogP contribution in [0.1, 0.15) is 16.7 Å². The van der Waals surface area contributed by atoms with Crippen molar-refractivity contribution >= 4 is 29.5 Å².